The first-order chi connectivity index (χ1) is 9.37. The van der Waals surface area contributed by atoms with Gasteiger partial charge in [0, 0.05) is 30.5 Å². The van der Waals surface area contributed by atoms with Crippen LogP contribution in [0.5, 0.6) is 0 Å². The van der Waals surface area contributed by atoms with Crippen LogP contribution in [0.2, 0.25) is 0 Å². The molecule has 1 fully saturated rings. The molecule has 1 heterocycles. The van der Waals surface area contributed by atoms with Gasteiger partial charge in [-0.2, -0.15) is 0 Å². The van der Waals surface area contributed by atoms with E-state index in [0.717, 1.165) is 25.0 Å². The summed E-state index contributed by atoms with van der Waals surface area (Å²) in [5.41, 5.74) is 0.888. The van der Waals surface area contributed by atoms with Crippen LogP contribution < -0.4 is 10.0 Å². The molecular formula is C14H25N3O2S. The Labute approximate surface area is 121 Å². The van der Waals surface area contributed by atoms with Crippen LogP contribution in [0.4, 0.5) is 0 Å². The summed E-state index contributed by atoms with van der Waals surface area (Å²) in [7, 11) is -3.39. The smallest absolute Gasteiger partial charge is 0.242 e. The van der Waals surface area contributed by atoms with Crippen molar-refractivity contribution in [2.24, 2.45) is 5.92 Å². The minimum Gasteiger partial charge on any atom is -0.363 e. The predicted molar refractivity (Wildman–Crippen MR) is 79.9 cm³/mol. The monoisotopic (exact) mass is 299 g/mol. The Morgan fingerprint density at radius 3 is 2.75 bits per heavy atom. The molecule has 0 amide bonds. The average molecular weight is 299 g/mol. The lowest BCUT2D eigenvalue weighted by Crippen LogP contribution is -2.32. The Morgan fingerprint density at radius 2 is 2.15 bits per heavy atom. The van der Waals surface area contributed by atoms with E-state index in [0.29, 0.717) is 23.4 Å². The summed E-state index contributed by atoms with van der Waals surface area (Å²) in [6, 6.07) is 2.16. The van der Waals surface area contributed by atoms with E-state index >= 15 is 0 Å². The van der Waals surface area contributed by atoms with Gasteiger partial charge >= 0.3 is 0 Å². The van der Waals surface area contributed by atoms with E-state index in [2.05, 4.69) is 35.8 Å². The Hall–Kier alpha value is -0.850. The summed E-state index contributed by atoms with van der Waals surface area (Å²) < 4.78 is 27.4. The molecule has 0 saturated heterocycles. The van der Waals surface area contributed by atoms with Gasteiger partial charge in [0.1, 0.15) is 0 Å². The van der Waals surface area contributed by atoms with Gasteiger partial charge < -0.3 is 10.3 Å². The lowest BCUT2D eigenvalue weighted by Gasteiger charge is -2.11. The van der Waals surface area contributed by atoms with Gasteiger partial charge in [-0.25, -0.2) is 13.1 Å². The molecule has 0 aromatic carbocycles. The molecule has 1 aromatic rings. The molecule has 2 rings (SSSR count). The third kappa shape index (κ3) is 4.07. The second kappa shape index (κ2) is 6.28. The second-order valence-corrected chi connectivity index (χ2v) is 7.85. The first kappa shape index (κ1) is 15.5. The maximum absolute atomic E-state index is 12.3. The van der Waals surface area contributed by atoms with Crippen molar-refractivity contribution in [3.8, 4) is 0 Å². The molecule has 1 saturated carbocycles. The molecule has 3 N–H and O–H groups in total. The van der Waals surface area contributed by atoms with E-state index in [-0.39, 0.29) is 6.04 Å². The average Bonchev–Trinajstić information content (AvgIpc) is 2.95. The number of sulfonamides is 1. The van der Waals surface area contributed by atoms with Crippen molar-refractivity contribution in [3.05, 3.63) is 18.0 Å². The first-order valence-corrected chi connectivity index (χ1v) is 8.78. The van der Waals surface area contributed by atoms with Crippen molar-refractivity contribution < 1.29 is 8.42 Å². The number of nitrogens with one attached hydrogen (secondary N) is 3. The number of hydrogen-bond acceptors (Lipinski definition) is 3. The maximum Gasteiger partial charge on any atom is 0.242 e. The normalized spacial score (nSPS) is 23.6. The summed E-state index contributed by atoms with van der Waals surface area (Å²) in [5.74, 6) is 0.611. The van der Waals surface area contributed by atoms with Crippen molar-refractivity contribution >= 4 is 10.0 Å². The zero-order valence-electron chi connectivity index (χ0n) is 12.4. The Balaban J connectivity index is 1.99. The lowest BCUT2D eigenvalue weighted by molar-refractivity contribution is 0.538. The summed E-state index contributed by atoms with van der Waals surface area (Å²) >= 11 is 0. The Morgan fingerprint density at radius 1 is 1.40 bits per heavy atom. The summed E-state index contributed by atoms with van der Waals surface area (Å²) in [4.78, 5) is 3.35. The van der Waals surface area contributed by atoms with Crippen molar-refractivity contribution in [2.75, 3.05) is 0 Å². The van der Waals surface area contributed by atoms with Crippen LogP contribution >= 0.6 is 0 Å². The fraction of sp³-hybridized carbons (Fsp3) is 0.714. The number of aromatic nitrogens is 1. The molecule has 5 nitrogen and oxygen atoms in total. The maximum atomic E-state index is 12.3. The minimum absolute atomic E-state index is 0.0853. The van der Waals surface area contributed by atoms with E-state index in [1.54, 1.807) is 12.3 Å². The Kier molecular flexibility index (Phi) is 4.88. The highest BCUT2D eigenvalue weighted by molar-refractivity contribution is 7.89. The highest BCUT2D eigenvalue weighted by Crippen LogP contribution is 2.26. The van der Waals surface area contributed by atoms with Crippen LogP contribution in [-0.4, -0.2) is 25.5 Å². The van der Waals surface area contributed by atoms with Gasteiger partial charge in [-0.3, -0.25) is 0 Å². The van der Waals surface area contributed by atoms with Crippen molar-refractivity contribution in [1.82, 2.24) is 15.0 Å². The van der Waals surface area contributed by atoms with E-state index in [1.165, 1.54) is 0 Å². The van der Waals surface area contributed by atoms with Crippen molar-refractivity contribution in [2.45, 2.75) is 63.6 Å². The summed E-state index contributed by atoms with van der Waals surface area (Å²) in [6.07, 6.45) is 4.54. The molecule has 1 aliphatic carbocycles. The molecule has 2 unspecified atom stereocenters. The summed E-state index contributed by atoms with van der Waals surface area (Å²) in [6.45, 7) is 6.93. The molecule has 1 aromatic heterocycles. The third-order valence-corrected chi connectivity index (χ3v) is 5.24. The molecule has 20 heavy (non-hydrogen) atoms. The number of aromatic amines is 1. The molecule has 0 bridgehead atoms. The fourth-order valence-corrected chi connectivity index (χ4v) is 3.89. The fourth-order valence-electron chi connectivity index (χ4n) is 2.59. The van der Waals surface area contributed by atoms with Gasteiger partial charge in [-0.05, 0) is 31.2 Å². The van der Waals surface area contributed by atoms with Crippen LogP contribution in [-0.2, 0) is 16.6 Å². The largest absolute Gasteiger partial charge is 0.363 e. The molecule has 0 spiro atoms. The molecule has 2 atom stereocenters. The molecule has 6 heteroatoms. The lowest BCUT2D eigenvalue weighted by atomic mass is 10.1. The zero-order valence-corrected chi connectivity index (χ0v) is 13.3. The predicted octanol–water partition coefficient (Wildman–Crippen LogP) is 1.98. The second-order valence-electron chi connectivity index (χ2n) is 6.13. The van der Waals surface area contributed by atoms with Crippen LogP contribution in [0.15, 0.2) is 17.2 Å². The van der Waals surface area contributed by atoms with E-state index in [4.69, 9.17) is 0 Å². The van der Waals surface area contributed by atoms with Gasteiger partial charge in [-0.15, -0.1) is 0 Å². The number of rotatable bonds is 6. The topological polar surface area (TPSA) is 74.0 Å². The molecule has 114 valence electrons. The SMILES string of the molecule is CC1CCC(NS(=O)(=O)c2c[nH]c(CNC(C)C)c2)C1. The zero-order chi connectivity index (χ0) is 14.8. The standard InChI is InChI=1S/C14H25N3O2S/c1-10(2)15-8-13-7-14(9-16-13)20(18,19)17-12-5-4-11(3)6-12/h7,9-12,15-17H,4-6,8H2,1-3H3. The quantitative estimate of drug-likeness (QED) is 0.752. The molecule has 1 aliphatic rings. The van der Waals surface area contributed by atoms with E-state index in [9.17, 15) is 8.42 Å². The van der Waals surface area contributed by atoms with Gasteiger partial charge in [0.25, 0.3) is 0 Å². The summed E-state index contributed by atoms with van der Waals surface area (Å²) in [5, 5.41) is 3.26. The van der Waals surface area contributed by atoms with E-state index in [1.807, 2.05) is 0 Å². The first-order valence-electron chi connectivity index (χ1n) is 7.30. The highest BCUT2D eigenvalue weighted by Gasteiger charge is 2.26. The van der Waals surface area contributed by atoms with Crippen LogP contribution in [0, 0.1) is 5.92 Å². The number of H-pyrrole nitrogens is 1. The molecular weight excluding hydrogens is 274 g/mol. The van der Waals surface area contributed by atoms with E-state index < -0.39 is 10.0 Å². The van der Waals surface area contributed by atoms with Crippen LogP contribution in [0.25, 0.3) is 0 Å². The van der Waals surface area contributed by atoms with Crippen molar-refractivity contribution in [1.29, 1.82) is 0 Å². The van der Waals surface area contributed by atoms with Gasteiger partial charge in [0.05, 0.1) is 4.90 Å². The Bertz CT molecular complexity index is 536. The third-order valence-electron chi connectivity index (χ3n) is 3.74. The van der Waals surface area contributed by atoms with Gasteiger partial charge in [0.2, 0.25) is 10.0 Å². The minimum atomic E-state index is -3.39. The van der Waals surface area contributed by atoms with Gasteiger partial charge in [-0.1, -0.05) is 20.8 Å². The number of hydrogen-bond donors (Lipinski definition) is 3. The molecule has 0 radical (unpaired) electrons. The van der Waals surface area contributed by atoms with Gasteiger partial charge in [0.15, 0.2) is 0 Å². The molecule has 0 aliphatic heterocycles. The van der Waals surface area contributed by atoms with Crippen LogP contribution in [0.1, 0.15) is 45.7 Å². The van der Waals surface area contributed by atoms with Crippen molar-refractivity contribution in [3.63, 3.8) is 0 Å². The van der Waals surface area contributed by atoms with Crippen LogP contribution in [0.3, 0.4) is 0 Å². The highest BCUT2D eigenvalue weighted by atomic mass is 32.2.